The molecule has 1 amide bonds. The second-order valence-electron chi connectivity index (χ2n) is 5.57. The lowest BCUT2D eigenvalue weighted by Crippen LogP contribution is -2.32. The Balaban J connectivity index is 1.55. The van der Waals surface area contributed by atoms with Gasteiger partial charge in [0.2, 0.25) is 5.91 Å². The summed E-state index contributed by atoms with van der Waals surface area (Å²) in [6.07, 6.45) is 9.28. The van der Waals surface area contributed by atoms with Gasteiger partial charge in [-0.2, -0.15) is 0 Å². The monoisotopic (exact) mass is 259 g/mol. The van der Waals surface area contributed by atoms with Crippen LogP contribution in [-0.4, -0.2) is 12.5 Å². The van der Waals surface area contributed by atoms with Crippen LogP contribution in [0.3, 0.4) is 0 Å². The molecule has 0 unspecified atom stereocenters. The molecule has 1 aromatic carbocycles. The van der Waals surface area contributed by atoms with Gasteiger partial charge in [-0.3, -0.25) is 4.79 Å². The molecule has 1 aromatic rings. The number of carbonyl (C=O) groups excluding carboxylic acids is 1. The van der Waals surface area contributed by atoms with Crippen LogP contribution >= 0.6 is 0 Å². The van der Waals surface area contributed by atoms with Crippen LogP contribution < -0.4 is 5.32 Å². The topological polar surface area (TPSA) is 29.1 Å². The highest BCUT2D eigenvalue weighted by Gasteiger charge is 2.20. The third-order valence-electron chi connectivity index (χ3n) is 4.01. The molecule has 1 N–H and O–H groups in total. The molecule has 0 heterocycles. The van der Waals surface area contributed by atoms with E-state index in [0.29, 0.717) is 11.8 Å². The highest BCUT2D eigenvalue weighted by molar-refractivity contribution is 5.78. The van der Waals surface area contributed by atoms with Gasteiger partial charge in [-0.05, 0) is 37.7 Å². The molecule has 1 aliphatic carbocycles. The Kier molecular flexibility index (Phi) is 5.93. The Labute approximate surface area is 116 Å². The number of carbonyl (C=O) groups is 1. The van der Waals surface area contributed by atoms with Gasteiger partial charge >= 0.3 is 0 Å². The molecule has 1 saturated carbocycles. The first-order valence-electron chi connectivity index (χ1n) is 7.68. The molecule has 2 heteroatoms. The van der Waals surface area contributed by atoms with Crippen molar-refractivity contribution in [3.63, 3.8) is 0 Å². The van der Waals surface area contributed by atoms with E-state index in [1.54, 1.807) is 0 Å². The number of nitrogens with one attached hydrogen (secondary N) is 1. The molecule has 1 aliphatic rings. The number of hydrogen-bond acceptors (Lipinski definition) is 1. The van der Waals surface area contributed by atoms with Crippen LogP contribution in [-0.2, 0) is 11.2 Å². The normalized spacial score (nSPS) is 16.2. The van der Waals surface area contributed by atoms with Gasteiger partial charge in [0.15, 0.2) is 0 Å². The van der Waals surface area contributed by atoms with Crippen LogP contribution in [0.5, 0.6) is 0 Å². The predicted molar refractivity (Wildman–Crippen MR) is 79.0 cm³/mol. The van der Waals surface area contributed by atoms with E-state index < -0.39 is 0 Å². The van der Waals surface area contributed by atoms with Crippen molar-refractivity contribution in [3.05, 3.63) is 35.9 Å². The minimum absolute atomic E-state index is 0.291. The van der Waals surface area contributed by atoms with Gasteiger partial charge in [-0.1, -0.05) is 49.6 Å². The lowest BCUT2D eigenvalue weighted by molar-refractivity contribution is -0.125. The highest BCUT2D eigenvalue weighted by Crippen LogP contribution is 2.23. The maximum absolute atomic E-state index is 11.9. The van der Waals surface area contributed by atoms with Crippen LogP contribution in [0.15, 0.2) is 30.3 Å². The lowest BCUT2D eigenvalue weighted by Gasteiger charge is -2.20. The number of unbranched alkanes of at least 4 members (excludes halogenated alkanes) is 1. The largest absolute Gasteiger partial charge is 0.356 e. The zero-order chi connectivity index (χ0) is 13.3. The van der Waals surface area contributed by atoms with E-state index in [4.69, 9.17) is 0 Å². The van der Waals surface area contributed by atoms with Crippen LogP contribution in [0, 0.1) is 5.92 Å². The van der Waals surface area contributed by atoms with E-state index in [1.807, 2.05) is 6.07 Å². The fourth-order valence-corrected chi connectivity index (χ4v) is 2.82. The molecule has 0 aliphatic heterocycles. The molecule has 104 valence electrons. The first-order chi connectivity index (χ1) is 9.36. The SMILES string of the molecule is O=C(NCCCCc1ccccc1)C1CCCCC1. The zero-order valence-electron chi connectivity index (χ0n) is 11.7. The van der Waals surface area contributed by atoms with E-state index in [1.165, 1.54) is 24.8 Å². The van der Waals surface area contributed by atoms with Gasteiger partial charge in [-0.15, -0.1) is 0 Å². The molecule has 0 radical (unpaired) electrons. The van der Waals surface area contributed by atoms with Crippen molar-refractivity contribution in [1.29, 1.82) is 0 Å². The lowest BCUT2D eigenvalue weighted by atomic mass is 9.88. The average Bonchev–Trinajstić information content (AvgIpc) is 2.49. The molecular weight excluding hydrogens is 234 g/mol. The quantitative estimate of drug-likeness (QED) is 0.775. The summed E-state index contributed by atoms with van der Waals surface area (Å²) in [5.74, 6) is 0.585. The number of aryl methyl sites for hydroxylation is 1. The van der Waals surface area contributed by atoms with Crippen LogP contribution in [0.2, 0.25) is 0 Å². The molecule has 0 spiro atoms. The summed E-state index contributed by atoms with van der Waals surface area (Å²) in [6, 6.07) is 10.6. The van der Waals surface area contributed by atoms with Crippen molar-refractivity contribution >= 4 is 5.91 Å². The molecule has 0 aromatic heterocycles. The first-order valence-corrected chi connectivity index (χ1v) is 7.68. The van der Waals surface area contributed by atoms with Crippen LogP contribution in [0.4, 0.5) is 0 Å². The van der Waals surface area contributed by atoms with E-state index in [0.717, 1.165) is 38.6 Å². The minimum atomic E-state index is 0.291. The fourth-order valence-electron chi connectivity index (χ4n) is 2.82. The Hall–Kier alpha value is -1.31. The van der Waals surface area contributed by atoms with Crippen molar-refractivity contribution in [2.75, 3.05) is 6.54 Å². The molecular formula is C17H25NO. The van der Waals surface area contributed by atoms with Gasteiger partial charge < -0.3 is 5.32 Å². The summed E-state index contributed by atoms with van der Waals surface area (Å²) < 4.78 is 0. The predicted octanol–water partition coefficient (Wildman–Crippen LogP) is 3.71. The number of hydrogen-bond donors (Lipinski definition) is 1. The van der Waals surface area contributed by atoms with E-state index in [-0.39, 0.29) is 0 Å². The van der Waals surface area contributed by atoms with Gasteiger partial charge in [0, 0.05) is 12.5 Å². The fraction of sp³-hybridized carbons (Fsp3) is 0.588. The van der Waals surface area contributed by atoms with Crippen molar-refractivity contribution in [1.82, 2.24) is 5.32 Å². The van der Waals surface area contributed by atoms with Crippen LogP contribution in [0.1, 0.15) is 50.5 Å². The van der Waals surface area contributed by atoms with Gasteiger partial charge in [0.25, 0.3) is 0 Å². The van der Waals surface area contributed by atoms with Crippen LogP contribution in [0.25, 0.3) is 0 Å². The third-order valence-corrected chi connectivity index (χ3v) is 4.01. The van der Waals surface area contributed by atoms with Crippen molar-refractivity contribution in [2.24, 2.45) is 5.92 Å². The average molecular weight is 259 g/mol. The maximum atomic E-state index is 11.9. The van der Waals surface area contributed by atoms with Gasteiger partial charge in [0.1, 0.15) is 0 Å². The second kappa shape index (κ2) is 7.98. The summed E-state index contributed by atoms with van der Waals surface area (Å²) >= 11 is 0. The maximum Gasteiger partial charge on any atom is 0.223 e. The van der Waals surface area contributed by atoms with Gasteiger partial charge in [0.05, 0.1) is 0 Å². The standard InChI is InChI=1S/C17H25NO/c19-17(16-12-5-2-6-13-16)18-14-8-7-11-15-9-3-1-4-10-15/h1,3-4,9-10,16H,2,5-8,11-14H2,(H,18,19). The summed E-state index contributed by atoms with van der Waals surface area (Å²) in [4.78, 5) is 11.9. The third kappa shape index (κ3) is 5.06. The number of rotatable bonds is 6. The zero-order valence-corrected chi connectivity index (χ0v) is 11.7. The molecule has 2 nitrogen and oxygen atoms in total. The van der Waals surface area contributed by atoms with E-state index in [9.17, 15) is 4.79 Å². The van der Waals surface area contributed by atoms with Crippen molar-refractivity contribution in [2.45, 2.75) is 51.4 Å². The summed E-state index contributed by atoms with van der Waals surface area (Å²) in [5.41, 5.74) is 1.39. The number of benzene rings is 1. The number of amides is 1. The highest BCUT2D eigenvalue weighted by atomic mass is 16.1. The smallest absolute Gasteiger partial charge is 0.223 e. The molecule has 0 saturated heterocycles. The Morgan fingerprint density at radius 1 is 1.05 bits per heavy atom. The Morgan fingerprint density at radius 2 is 1.79 bits per heavy atom. The molecule has 2 rings (SSSR count). The summed E-state index contributed by atoms with van der Waals surface area (Å²) in [6.45, 7) is 0.835. The second-order valence-corrected chi connectivity index (χ2v) is 5.57. The summed E-state index contributed by atoms with van der Waals surface area (Å²) in [5, 5.41) is 3.10. The molecule has 0 atom stereocenters. The van der Waals surface area contributed by atoms with Crippen molar-refractivity contribution < 1.29 is 4.79 Å². The van der Waals surface area contributed by atoms with E-state index >= 15 is 0 Å². The molecule has 0 bridgehead atoms. The molecule has 1 fully saturated rings. The Bertz CT molecular complexity index is 368. The van der Waals surface area contributed by atoms with E-state index in [2.05, 4.69) is 29.6 Å². The minimum Gasteiger partial charge on any atom is -0.356 e. The van der Waals surface area contributed by atoms with Gasteiger partial charge in [-0.25, -0.2) is 0 Å². The molecule has 19 heavy (non-hydrogen) atoms. The Morgan fingerprint density at radius 3 is 2.53 bits per heavy atom. The summed E-state index contributed by atoms with van der Waals surface area (Å²) in [7, 11) is 0. The van der Waals surface area contributed by atoms with Crippen molar-refractivity contribution in [3.8, 4) is 0 Å². The first kappa shape index (κ1) is 14.1.